The van der Waals surface area contributed by atoms with Crippen LogP contribution < -0.4 is 5.73 Å². The van der Waals surface area contributed by atoms with Gasteiger partial charge in [0.15, 0.2) is 0 Å². The lowest BCUT2D eigenvalue weighted by Gasteiger charge is -2.14. The third kappa shape index (κ3) is 2.76. The number of aryl methyl sites for hydroxylation is 1. The van der Waals surface area contributed by atoms with Gasteiger partial charge in [-0.3, -0.25) is 0 Å². The number of halogens is 1. The number of thiophene rings is 1. The molecule has 0 fully saturated rings. The molecule has 3 rings (SSSR count). The zero-order valence-corrected chi connectivity index (χ0v) is 15.1. The highest BCUT2D eigenvalue weighted by Crippen LogP contribution is 2.39. The van der Waals surface area contributed by atoms with Gasteiger partial charge in [-0.15, -0.1) is 11.3 Å². The van der Waals surface area contributed by atoms with Crippen LogP contribution in [0.1, 0.15) is 16.7 Å². The summed E-state index contributed by atoms with van der Waals surface area (Å²) in [6.45, 7) is 4.04. The maximum atomic E-state index is 9.54. The van der Waals surface area contributed by atoms with Crippen molar-refractivity contribution in [1.82, 2.24) is 4.98 Å². The summed E-state index contributed by atoms with van der Waals surface area (Å²) in [5.41, 5.74) is 11.3. The molecule has 0 aliphatic heterocycles. The van der Waals surface area contributed by atoms with E-state index in [1.807, 2.05) is 43.5 Å². The van der Waals surface area contributed by atoms with Gasteiger partial charge in [0.2, 0.25) is 0 Å². The number of rotatable bonds is 2. The van der Waals surface area contributed by atoms with Crippen LogP contribution in [-0.2, 0) is 0 Å². The summed E-state index contributed by atoms with van der Waals surface area (Å²) in [5.74, 6) is 0.277. The van der Waals surface area contributed by atoms with Gasteiger partial charge in [0.05, 0.1) is 5.69 Å². The largest absolute Gasteiger partial charge is 0.383 e. The molecule has 2 aromatic heterocycles. The fraction of sp³-hybridized carbons (Fsp3) is 0.111. The molecule has 0 saturated heterocycles. The molecule has 23 heavy (non-hydrogen) atoms. The molecule has 3 aromatic rings. The maximum Gasteiger partial charge on any atom is 0.142 e. The molecule has 0 saturated carbocycles. The topological polar surface area (TPSA) is 62.7 Å². The second kappa shape index (κ2) is 6.15. The molecule has 114 valence electrons. The van der Waals surface area contributed by atoms with Gasteiger partial charge in [-0.05, 0) is 48.6 Å². The Bertz CT molecular complexity index is 921. The molecule has 0 atom stereocenters. The summed E-state index contributed by atoms with van der Waals surface area (Å²) >= 11 is 5.06. The quantitative estimate of drug-likeness (QED) is 0.651. The maximum absolute atomic E-state index is 9.54. The molecular formula is C18H14BrN3S. The van der Waals surface area contributed by atoms with E-state index in [1.54, 1.807) is 11.3 Å². The second-order valence-corrected chi connectivity index (χ2v) is 7.10. The SMILES string of the molecule is Cc1ccsc1-c1c(C)c(-c2ccc(Br)cc2)nc(N)c1C#N. The Morgan fingerprint density at radius 2 is 1.87 bits per heavy atom. The van der Waals surface area contributed by atoms with Crippen molar-refractivity contribution in [3.63, 3.8) is 0 Å². The standard InChI is InChI=1S/C18H14BrN3S/c1-10-7-8-23-17(10)15-11(2)16(22-18(21)14(15)9-20)12-3-5-13(19)6-4-12/h3-8H,1-2H3,(H2,21,22). The Kier molecular flexibility index (Phi) is 4.20. The van der Waals surface area contributed by atoms with Gasteiger partial charge in [0, 0.05) is 20.5 Å². The average molecular weight is 384 g/mol. The van der Waals surface area contributed by atoms with Crippen LogP contribution in [0.15, 0.2) is 40.2 Å². The van der Waals surface area contributed by atoms with Gasteiger partial charge in [0.1, 0.15) is 17.5 Å². The van der Waals surface area contributed by atoms with Gasteiger partial charge < -0.3 is 5.73 Å². The molecule has 0 aliphatic carbocycles. The first-order valence-electron chi connectivity index (χ1n) is 7.03. The number of nitriles is 1. The fourth-order valence-electron chi connectivity index (χ4n) is 2.61. The molecule has 3 nitrogen and oxygen atoms in total. The highest BCUT2D eigenvalue weighted by Gasteiger charge is 2.20. The molecule has 0 bridgehead atoms. The lowest BCUT2D eigenvalue weighted by atomic mass is 9.95. The van der Waals surface area contributed by atoms with E-state index in [-0.39, 0.29) is 5.82 Å². The number of anilines is 1. The molecule has 5 heteroatoms. The van der Waals surface area contributed by atoms with Crippen LogP contribution in [-0.4, -0.2) is 4.98 Å². The Morgan fingerprint density at radius 3 is 2.43 bits per heavy atom. The lowest BCUT2D eigenvalue weighted by molar-refractivity contribution is 1.26. The summed E-state index contributed by atoms with van der Waals surface area (Å²) < 4.78 is 1.01. The first-order chi connectivity index (χ1) is 11.0. The van der Waals surface area contributed by atoms with Crippen molar-refractivity contribution in [2.75, 3.05) is 5.73 Å². The van der Waals surface area contributed by atoms with Crippen molar-refractivity contribution in [3.05, 3.63) is 56.9 Å². The van der Waals surface area contributed by atoms with E-state index in [0.29, 0.717) is 5.56 Å². The van der Waals surface area contributed by atoms with Crippen molar-refractivity contribution >= 4 is 33.1 Å². The second-order valence-electron chi connectivity index (χ2n) is 5.27. The van der Waals surface area contributed by atoms with Gasteiger partial charge in [-0.25, -0.2) is 4.98 Å². The highest BCUT2D eigenvalue weighted by molar-refractivity contribution is 9.10. The summed E-state index contributed by atoms with van der Waals surface area (Å²) in [5, 5.41) is 11.6. The first-order valence-corrected chi connectivity index (χ1v) is 8.70. The van der Waals surface area contributed by atoms with E-state index in [4.69, 9.17) is 5.73 Å². The number of hydrogen-bond donors (Lipinski definition) is 1. The first kappa shape index (κ1) is 15.7. The molecule has 1 aromatic carbocycles. The van der Waals surface area contributed by atoms with Gasteiger partial charge in [0.25, 0.3) is 0 Å². The Balaban J connectivity index is 2.33. The van der Waals surface area contributed by atoms with E-state index in [9.17, 15) is 5.26 Å². The van der Waals surface area contributed by atoms with Crippen LogP contribution in [0.5, 0.6) is 0 Å². The minimum absolute atomic E-state index is 0.277. The van der Waals surface area contributed by atoms with Crippen LogP contribution in [0.4, 0.5) is 5.82 Å². The summed E-state index contributed by atoms with van der Waals surface area (Å²) in [6, 6.07) is 12.2. The molecule has 2 N–H and O–H groups in total. The predicted molar refractivity (Wildman–Crippen MR) is 99.3 cm³/mol. The number of nitrogens with zero attached hydrogens (tertiary/aromatic N) is 2. The van der Waals surface area contributed by atoms with Crippen molar-refractivity contribution in [1.29, 1.82) is 5.26 Å². The molecule has 0 amide bonds. The number of nitrogens with two attached hydrogens (primary N) is 1. The third-order valence-electron chi connectivity index (χ3n) is 3.79. The molecule has 0 spiro atoms. The minimum atomic E-state index is 0.277. The van der Waals surface area contributed by atoms with Crippen molar-refractivity contribution < 1.29 is 0 Å². The lowest BCUT2D eigenvalue weighted by Crippen LogP contribution is -2.03. The number of benzene rings is 1. The molecule has 0 unspecified atom stereocenters. The average Bonchev–Trinajstić information content (AvgIpc) is 2.95. The fourth-order valence-corrected chi connectivity index (χ4v) is 3.91. The van der Waals surface area contributed by atoms with Crippen LogP contribution in [0.25, 0.3) is 21.7 Å². The van der Waals surface area contributed by atoms with Gasteiger partial charge >= 0.3 is 0 Å². The van der Waals surface area contributed by atoms with E-state index in [2.05, 4.69) is 33.0 Å². The molecule has 0 aliphatic rings. The van der Waals surface area contributed by atoms with E-state index in [0.717, 1.165) is 37.3 Å². The smallest absolute Gasteiger partial charge is 0.142 e. The predicted octanol–water partition coefficient (Wildman–Crippen LogP) is 5.31. The minimum Gasteiger partial charge on any atom is -0.383 e. The van der Waals surface area contributed by atoms with E-state index >= 15 is 0 Å². The van der Waals surface area contributed by atoms with Crippen molar-refractivity contribution in [2.45, 2.75) is 13.8 Å². The van der Waals surface area contributed by atoms with Crippen LogP contribution in [0.2, 0.25) is 0 Å². The van der Waals surface area contributed by atoms with Crippen LogP contribution >= 0.6 is 27.3 Å². The van der Waals surface area contributed by atoms with Crippen molar-refractivity contribution in [3.8, 4) is 27.8 Å². The Morgan fingerprint density at radius 1 is 1.17 bits per heavy atom. The summed E-state index contributed by atoms with van der Waals surface area (Å²) in [7, 11) is 0. The van der Waals surface area contributed by atoms with Crippen LogP contribution in [0.3, 0.4) is 0 Å². The molecular weight excluding hydrogens is 370 g/mol. The molecule has 0 radical (unpaired) electrons. The van der Waals surface area contributed by atoms with Crippen molar-refractivity contribution in [2.24, 2.45) is 0 Å². The zero-order chi connectivity index (χ0) is 16.6. The highest BCUT2D eigenvalue weighted by atomic mass is 79.9. The van der Waals surface area contributed by atoms with Gasteiger partial charge in [-0.1, -0.05) is 28.1 Å². The number of hydrogen-bond acceptors (Lipinski definition) is 4. The number of aromatic nitrogens is 1. The zero-order valence-electron chi connectivity index (χ0n) is 12.7. The Labute approximate surface area is 147 Å². The monoisotopic (exact) mass is 383 g/mol. The van der Waals surface area contributed by atoms with Crippen LogP contribution in [0, 0.1) is 25.2 Å². The van der Waals surface area contributed by atoms with E-state index in [1.165, 1.54) is 0 Å². The number of pyridine rings is 1. The van der Waals surface area contributed by atoms with Gasteiger partial charge in [-0.2, -0.15) is 5.26 Å². The molecule has 2 heterocycles. The van der Waals surface area contributed by atoms with E-state index < -0.39 is 0 Å². The summed E-state index contributed by atoms with van der Waals surface area (Å²) in [4.78, 5) is 5.56. The third-order valence-corrected chi connectivity index (χ3v) is 5.35. The normalized spacial score (nSPS) is 10.5. The summed E-state index contributed by atoms with van der Waals surface area (Å²) in [6.07, 6.45) is 0. The Hall–Kier alpha value is -2.16. The number of nitrogen functional groups attached to an aromatic ring is 1.